The molecule has 0 saturated carbocycles. The summed E-state index contributed by atoms with van der Waals surface area (Å²) in [5.41, 5.74) is 4.06. The fraction of sp³-hybridized carbons (Fsp3) is 0.0123. The van der Waals surface area contributed by atoms with Crippen molar-refractivity contribution in [2.24, 2.45) is 0 Å². The predicted octanol–water partition coefficient (Wildman–Crippen LogP) is 22.3. The van der Waals surface area contributed by atoms with Crippen LogP contribution in [0.1, 0.15) is 22.3 Å². The van der Waals surface area contributed by atoms with Gasteiger partial charge in [-0.2, -0.15) is 0 Å². The maximum absolute atomic E-state index is 2.60. The molecular weight excluding hydrogens is 973 g/mol. The molecule has 0 aromatic heterocycles. The minimum absolute atomic E-state index is 0.865. The van der Waals surface area contributed by atoms with Gasteiger partial charge in [-0.1, -0.05) is 243 Å². The minimum Gasteiger partial charge on any atom is -0.0610 e. The van der Waals surface area contributed by atoms with Gasteiger partial charge in [-0.15, -0.1) is 0 Å². The van der Waals surface area contributed by atoms with Crippen LogP contribution in [-0.4, -0.2) is 0 Å². The number of rotatable bonds is 4. The van der Waals surface area contributed by atoms with Gasteiger partial charge in [0.25, 0.3) is 0 Å². The van der Waals surface area contributed by atoms with Crippen molar-refractivity contribution >= 4 is 172 Å². The Morgan fingerprint density at radius 1 is 0.136 bits per heavy atom. The molecule has 0 unspecified atom stereocenters. The SMILES string of the molecule is c1cc2ccc3cccc4c5cc(C(c6ccc7c(c6)c6cccc8ccc9cccc7c9c86)(c6ccc7c(c6)c6cccc8ccc9cccc7c9c86)c6ccc7c(c6)c6cccc8ccc9cccc7c9c86)ccc5c(c1)c2c34. The van der Waals surface area contributed by atoms with Crippen LogP contribution < -0.4 is 0 Å². The van der Waals surface area contributed by atoms with Crippen molar-refractivity contribution in [3.8, 4) is 0 Å². The molecule has 20 rings (SSSR count). The quantitative estimate of drug-likeness (QED) is 0.0936. The van der Waals surface area contributed by atoms with E-state index in [9.17, 15) is 0 Å². The topological polar surface area (TPSA) is 0 Å². The van der Waals surface area contributed by atoms with E-state index in [0.717, 1.165) is 0 Å². The highest BCUT2D eigenvalue weighted by Gasteiger charge is 2.40. The largest absolute Gasteiger partial charge is 0.0702 e. The van der Waals surface area contributed by atoms with Gasteiger partial charge in [-0.05, 0) is 219 Å². The van der Waals surface area contributed by atoms with Gasteiger partial charge >= 0.3 is 0 Å². The van der Waals surface area contributed by atoms with Crippen molar-refractivity contribution in [1.82, 2.24) is 0 Å². The third-order valence-corrected chi connectivity index (χ3v) is 19.7. The fourth-order valence-corrected chi connectivity index (χ4v) is 16.4. The lowest BCUT2D eigenvalue weighted by Gasteiger charge is -2.38. The highest BCUT2D eigenvalue weighted by atomic mass is 14.4. The van der Waals surface area contributed by atoms with Gasteiger partial charge in [0.1, 0.15) is 0 Å². The molecule has 0 amide bonds. The van der Waals surface area contributed by atoms with Crippen molar-refractivity contribution in [2.45, 2.75) is 5.41 Å². The van der Waals surface area contributed by atoms with Gasteiger partial charge in [-0.25, -0.2) is 0 Å². The Morgan fingerprint density at radius 2 is 0.309 bits per heavy atom. The third kappa shape index (κ3) is 5.27. The molecule has 0 N–H and O–H groups in total. The molecule has 0 spiro atoms. The molecular formula is C81H44. The fourth-order valence-electron chi connectivity index (χ4n) is 16.4. The third-order valence-electron chi connectivity index (χ3n) is 19.7. The van der Waals surface area contributed by atoms with Crippen LogP contribution in [0.25, 0.3) is 172 Å². The number of hydrogen-bond acceptors (Lipinski definition) is 0. The Labute approximate surface area is 464 Å². The molecule has 0 fully saturated rings. The summed E-state index contributed by atoms with van der Waals surface area (Å²) in [5.74, 6) is 0. The van der Waals surface area contributed by atoms with Crippen molar-refractivity contribution in [1.29, 1.82) is 0 Å². The first kappa shape index (κ1) is 42.6. The first-order valence-corrected chi connectivity index (χ1v) is 28.5. The van der Waals surface area contributed by atoms with E-state index in [4.69, 9.17) is 0 Å². The Kier molecular flexibility index (Phi) is 7.91. The predicted molar refractivity (Wildman–Crippen MR) is 350 cm³/mol. The van der Waals surface area contributed by atoms with E-state index in [1.54, 1.807) is 0 Å². The van der Waals surface area contributed by atoms with E-state index >= 15 is 0 Å². The lowest BCUT2D eigenvalue weighted by Crippen LogP contribution is -2.31. The molecule has 0 bridgehead atoms. The molecule has 368 valence electrons. The number of hydrogen-bond donors (Lipinski definition) is 0. The summed E-state index contributed by atoms with van der Waals surface area (Å²) in [4.78, 5) is 0. The number of benzene rings is 20. The van der Waals surface area contributed by atoms with E-state index in [1.807, 2.05) is 0 Å². The molecule has 0 aliphatic rings. The van der Waals surface area contributed by atoms with Gasteiger partial charge in [0.15, 0.2) is 0 Å². The molecule has 20 aromatic rings. The van der Waals surface area contributed by atoms with Crippen LogP contribution in [-0.2, 0) is 5.41 Å². The molecule has 81 heavy (non-hydrogen) atoms. The molecule has 0 nitrogen and oxygen atoms in total. The smallest absolute Gasteiger partial charge is 0.0610 e. The average Bonchev–Trinajstić information content (AvgIpc) is 3.68. The molecule has 0 atom stereocenters. The average molecular weight is 1020 g/mol. The Hall–Kier alpha value is -10.4. The summed E-state index contributed by atoms with van der Waals surface area (Å²) in [7, 11) is 0. The summed E-state index contributed by atoms with van der Waals surface area (Å²) < 4.78 is 0. The zero-order valence-corrected chi connectivity index (χ0v) is 43.9. The zero-order chi connectivity index (χ0) is 52.4. The zero-order valence-electron chi connectivity index (χ0n) is 43.9. The standard InChI is InChI=1S/C81H44/c1-9-45-25-29-49-13-5-21-65-69-41-53(33-37-57(69)61(17-1)73(45)77(49)65)81(54-34-38-58-62-18-2-10-46-26-30-50-14-6-22-66(70(58)42-54)78(50)74(46)62,55-35-39-59-63-19-3-11-47-27-31-51-15-7-23-67(71(59)43-55)79(51)75(47)63)56-36-40-60-64-20-4-12-48-28-32-52-16-8-24-68(72(60)44-56)80(52)76(48)64/h1-44H. The second-order valence-electron chi connectivity index (χ2n) is 23.3. The Bertz CT molecular complexity index is 5380. The molecule has 0 heterocycles. The summed E-state index contributed by atoms with van der Waals surface area (Å²) in [6.07, 6.45) is 0. The summed E-state index contributed by atoms with van der Waals surface area (Å²) in [6.45, 7) is 0. The lowest BCUT2D eigenvalue weighted by molar-refractivity contribution is 0.751. The highest BCUT2D eigenvalue weighted by molar-refractivity contribution is 6.38. The van der Waals surface area contributed by atoms with E-state index in [2.05, 4.69) is 267 Å². The molecule has 20 aromatic carbocycles. The number of fused-ring (bicyclic) bond motifs is 12. The van der Waals surface area contributed by atoms with Crippen molar-refractivity contribution in [3.05, 3.63) is 289 Å². The van der Waals surface area contributed by atoms with Gasteiger partial charge < -0.3 is 0 Å². The van der Waals surface area contributed by atoms with Crippen LogP contribution in [0.4, 0.5) is 0 Å². The first-order valence-electron chi connectivity index (χ1n) is 28.5. The van der Waals surface area contributed by atoms with E-state index in [0.29, 0.717) is 0 Å². The summed E-state index contributed by atoms with van der Waals surface area (Å²) in [6, 6.07) is 104. The second kappa shape index (κ2) is 15.0. The van der Waals surface area contributed by atoms with E-state index < -0.39 is 5.41 Å². The normalized spacial score (nSPS) is 12.9. The van der Waals surface area contributed by atoms with E-state index in [1.165, 1.54) is 195 Å². The van der Waals surface area contributed by atoms with Crippen molar-refractivity contribution < 1.29 is 0 Å². The van der Waals surface area contributed by atoms with Crippen LogP contribution in [0, 0.1) is 0 Å². The van der Waals surface area contributed by atoms with E-state index in [-0.39, 0.29) is 0 Å². The summed E-state index contributed by atoms with van der Waals surface area (Å²) >= 11 is 0. The first-order chi connectivity index (χ1) is 40.2. The molecule has 0 aliphatic heterocycles. The maximum atomic E-state index is 2.60. The summed E-state index contributed by atoms with van der Waals surface area (Å²) in [5, 5.41) is 41.4. The van der Waals surface area contributed by atoms with Crippen LogP contribution in [0.2, 0.25) is 0 Å². The molecule has 0 heteroatoms. The minimum atomic E-state index is -0.865. The Morgan fingerprint density at radius 3 is 0.494 bits per heavy atom. The van der Waals surface area contributed by atoms with Crippen LogP contribution >= 0.6 is 0 Å². The van der Waals surface area contributed by atoms with Gasteiger partial charge in [0.2, 0.25) is 0 Å². The lowest BCUT2D eigenvalue weighted by atomic mass is 9.63. The Balaban J connectivity index is 1.01. The van der Waals surface area contributed by atoms with Crippen LogP contribution in [0.5, 0.6) is 0 Å². The molecule has 0 radical (unpaired) electrons. The monoisotopic (exact) mass is 1020 g/mol. The van der Waals surface area contributed by atoms with Crippen molar-refractivity contribution in [3.63, 3.8) is 0 Å². The van der Waals surface area contributed by atoms with Crippen LogP contribution in [0.3, 0.4) is 0 Å². The van der Waals surface area contributed by atoms with Crippen molar-refractivity contribution in [2.75, 3.05) is 0 Å². The van der Waals surface area contributed by atoms with Gasteiger partial charge in [0, 0.05) is 0 Å². The maximum Gasteiger partial charge on any atom is 0.0702 e. The van der Waals surface area contributed by atoms with Gasteiger partial charge in [-0.3, -0.25) is 0 Å². The molecule has 0 aliphatic carbocycles. The second-order valence-corrected chi connectivity index (χ2v) is 23.3. The van der Waals surface area contributed by atoms with Gasteiger partial charge in [0.05, 0.1) is 5.41 Å². The van der Waals surface area contributed by atoms with Crippen LogP contribution in [0.15, 0.2) is 267 Å². The molecule has 0 saturated heterocycles. The highest BCUT2D eigenvalue weighted by Crippen LogP contribution is 2.54.